The van der Waals surface area contributed by atoms with Crippen molar-refractivity contribution in [3.8, 4) is 5.88 Å². The molecule has 0 spiro atoms. The topological polar surface area (TPSA) is 90.3 Å². The summed E-state index contributed by atoms with van der Waals surface area (Å²) >= 11 is -3.94. The first-order valence-electron chi connectivity index (χ1n) is 2.21. The van der Waals surface area contributed by atoms with Crippen molar-refractivity contribution in [2.24, 2.45) is 0 Å². The molecular weight excluding hydrogens is 241 g/mol. The molecule has 0 aliphatic heterocycles. The van der Waals surface area contributed by atoms with Crippen LogP contribution in [0.25, 0.3) is 0 Å². The molecule has 0 aliphatic rings. The summed E-state index contributed by atoms with van der Waals surface area (Å²) in [6, 6.07) is 3.20. The molecule has 1 N–H and O–H groups in total. The first-order chi connectivity index (χ1) is 4.63. The van der Waals surface area contributed by atoms with Crippen LogP contribution in [0.3, 0.4) is 0 Å². The molecule has 0 saturated heterocycles. The van der Waals surface area contributed by atoms with E-state index in [2.05, 4.69) is 4.98 Å². The van der Waals surface area contributed by atoms with Crippen molar-refractivity contribution in [2.45, 2.75) is 0 Å². The molecular formula is C4H4CuNO4V-. The standard InChI is InChI=1S/C4H4NO.Cu.3O.V/c6-4-2-1-3-5-4;;;;;/h1-3,6H;;;;;/q-1;+1;;;-1;. The van der Waals surface area contributed by atoms with Gasteiger partial charge in [0.25, 0.3) is 0 Å². The summed E-state index contributed by atoms with van der Waals surface area (Å²) in [6.07, 6.45) is 1.54. The average Bonchev–Trinajstić information content (AvgIpc) is 2.15. The third kappa shape index (κ3) is 12.8. The van der Waals surface area contributed by atoms with Gasteiger partial charge in [0.1, 0.15) is 0 Å². The Bertz CT molecular complexity index is 224. The van der Waals surface area contributed by atoms with Crippen LogP contribution < -0.4 is 4.03 Å². The summed E-state index contributed by atoms with van der Waals surface area (Å²) in [5.74, 6) is 0.0926. The van der Waals surface area contributed by atoms with Crippen LogP contribution in [0, 0.1) is 0 Å². The van der Waals surface area contributed by atoms with Crippen LogP contribution in [-0.4, -0.2) is 10.1 Å². The predicted octanol–water partition coefficient (Wildman–Crippen LogP) is -0.926. The molecule has 5 nitrogen and oxygen atoms in total. The van der Waals surface area contributed by atoms with E-state index in [0.29, 0.717) is 0 Å². The van der Waals surface area contributed by atoms with Crippen LogP contribution in [-0.2, 0) is 39.8 Å². The van der Waals surface area contributed by atoms with Crippen LogP contribution in [0.1, 0.15) is 0 Å². The molecule has 0 bridgehead atoms. The summed E-state index contributed by atoms with van der Waals surface area (Å²) in [5, 5.41) is 8.36. The fraction of sp³-hybridized carbons (Fsp3) is 0. The van der Waals surface area contributed by atoms with Crippen molar-refractivity contribution in [2.75, 3.05) is 0 Å². The van der Waals surface area contributed by atoms with E-state index in [1.54, 1.807) is 6.07 Å². The van der Waals surface area contributed by atoms with Gasteiger partial charge < -0.3 is 10.1 Å². The molecule has 0 aromatic carbocycles. The van der Waals surface area contributed by atoms with Gasteiger partial charge in [-0.1, -0.05) is 0 Å². The van der Waals surface area contributed by atoms with Crippen molar-refractivity contribution < 1.29 is 49.0 Å². The molecule has 1 heterocycles. The van der Waals surface area contributed by atoms with Crippen LogP contribution in [0.2, 0.25) is 0 Å². The van der Waals surface area contributed by atoms with Gasteiger partial charge in [0.2, 0.25) is 0 Å². The Labute approximate surface area is 78.3 Å². The quantitative estimate of drug-likeness (QED) is 0.471. The van der Waals surface area contributed by atoms with E-state index in [1.807, 2.05) is 0 Å². The van der Waals surface area contributed by atoms with Crippen LogP contribution in [0.5, 0.6) is 5.88 Å². The van der Waals surface area contributed by atoms with Crippen LogP contribution in [0.4, 0.5) is 0 Å². The van der Waals surface area contributed by atoms with Gasteiger partial charge in [-0.3, -0.25) is 0 Å². The fourth-order valence-electron chi connectivity index (χ4n) is 0.292. The predicted molar refractivity (Wildman–Crippen MR) is 22.9 cm³/mol. The fourth-order valence-corrected chi connectivity index (χ4v) is 0.292. The number of aromatic nitrogens is 1. The molecule has 66 valence electrons. The monoisotopic (exact) mass is 244 g/mol. The number of aromatic hydroxyl groups is 1. The normalized spacial score (nSPS) is 7.00. The Hall–Kier alpha value is -0.256. The van der Waals surface area contributed by atoms with Gasteiger partial charge in [-0.2, -0.15) is 6.07 Å². The van der Waals surface area contributed by atoms with Crippen LogP contribution >= 0.6 is 0 Å². The molecule has 0 amide bonds. The zero-order valence-electron chi connectivity index (χ0n) is 5.10. The van der Waals surface area contributed by atoms with E-state index in [0.717, 1.165) is 0 Å². The average molecular weight is 245 g/mol. The van der Waals surface area contributed by atoms with E-state index in [9.17, 15) is 0 Å². The zero-order valence-corrected chi connectivity index (χ0v) is 7.44. The van der Waals surface area contributed by atoms with E-state index in [1.165, 1.54) is 12.3 Å². The van der Waals surface area contributed by atoms with Crippen LogP contribution in [0.15, 0.2) is 18.3 Å². The van der Waals surface area contributed by atoms with Gasteiger partial charge in [-0.25, -0.2) is 0 Å². The number of hydrogen-bond acceptors (Lipinski definition) is 5. The Kier molecular flexibility index (Phi) is 9.52. The molecule has 0 saturated carbocycles. The molecule has 11 heavy (non-hydrogen) atoms. The number of hydrogen-bond donors (Lipinski definition) is 1. The molecule has 1 aromatic heterocycles. The molecule has 0 unspecified atom stereocenters. The summed E-state index contributed by atoms with van der Waals surface area (Å²) in [7, 11) is 0. The summed E-state index contributed by atoms with van der Waals surface area (Å²) < 4.78 is 25.7. The maximum absolute atomic E-state index is 8.56. The minimum atomic E-state index is -3.94. The molecule has 0 aliphatic carbocycles. The third-order valence-corrected chi connectivity index (χ3v) is 0.538. The van der Waals surface area contributed by atoms with Gasteiger partial charge in [-0.05, 0) is 0 Å². The Balaban J connectivity index is 0. The molecule has 1 aromatic rings. The van der Waals surface area contributed by atoms with Crippen molar-refractivity contribution >= 4 is 0 Å². The van der Waals surface area contributed by atoms with Crippen molar-refractivity contribution in [3.63, 3.8) is 0 Å². The minimum absolute atomic E-state index is 0. The summed E-state index contributed by atoms with van der Waals surface area (Å²) in [6.45, 7) is 0. The van der Waals surface area contributed by atoms with Crippen molar-refractivity contribution in [1.29, 1.82) is 0 Å². The molecule has 0 atom stereocenters. The van der Waals surface area contributed by atoms with Gasteiger partial charge in [0.05, 0.1) is 5.88 Å². The molecule has 1 rings (SSSR count). The second kappa shape index (κ2) is 7.85. The van der Waals surface area contributed by atoms with Gasteiger partial charge >= 0.3 is 43.8 Å². The second-order valence-electron chi connectivity index (χ2n) is 1.22. The number of nitrogens with zero attached hydrogens (tertiary/aromatic N) is 1. The van der Waals surface area contributed by atoms with E-state index in [4.69, 9.17) is 16.5 Å². The Morgan fingerprint density at radius 3 is 2.09 bits per heavy atom. The Morgan fingerprint density at radius 1 is 1.55 bits per heavy atom. The molecule has 0 fully saturated rings. The molecule has 0 radical (unpaired) electrons. The molecule has 7 heteroatoms. The third-order valence-electron chi connectivity index (χ3n) is 0.538. The van der Waals surface area contributed by atoms with E-state index < -0.39 is 15.4 Å². The summed E-state index contributed by atoms with van der Waals surface area (Å²) in [4.78, 5) is 3.47. The Morgan fingerprint density at radius 2 is 2.00 bits per heavy atom. The van der Waals surface area contributed by atoms with Gasteiger partial charge in [0.15, 0.2) is 0 Å². The first-order valence-corrected chi connectivity index (χ1v) is 3.92. The van der Waals surface area contributed by atoms with Crippen molar-refractivity contribution in [1.82, 2.24) is 4.98 Å². The van der Waals surface area contributed by atoms with E-state index >= 15 is 0 Å². The zero-order chi connectivity index (χ0) is 7.98. The first kappa shape index (κ1) is 13.3. The van der Waals surface area contributed by atoms with E-state index in [-0.39, 0.29) is 22.9 Å². The SMILES string of the molecule is O[c-]1cccn1.[Cu+].[O]=[V](=[O])[O-]. The number of rotatable bonds is 0. The van der Waals surface area contributed by atoms with Gasteiger partial charge in [-0.15, -0.1) is 12.3 Å². The summed E-state index contributed by atoms with van der Waals surface area (Å²) in [5.41, 5.74) is 0. The van der Waals surface area contributed by atoms with Crippen molar-refractivity contribution in [3.05, 3.63) is 18.3 Å². The van der Waals surface area contributed by atoms with Gasteiger partial charge in [0, 0.05) is 0 Å². The maximum atomic E-state index is 8.56. The second-order valence-corrected chi connectivity index (χ2v) is 1.92.